The molecule has 1 atom stereocenters. The molecule has 0 saturated carbocycles. The highest BCUT2D eigenvalue weighted by Crippen LogP contribution is 2.25. The number of rotatable bonds is 8. The van der Waals surface area contributed by atoms with Gasteiger partial charge in [0.1, 0.15) is 17.7 Å². The van der Waals surface area contributed by atoms with Gasteiger partial charge in [-0.3, -0.25) is 0 Å². The summed E-state index contributed by atoms with van der Waals surface area (Å²) in [4.78, 5) is 21.2. The number of halogens is 1. The van der Waals surface area contributed by atoms with Crippen LogP contribution in [0.1, 0.15) is 18.1 Å². The van der Waals surface area contributed by atoms with Gasteiger partial charge in [-0.15, -0.1) is 0 Å². The Balaban J connectivity index is 0.000000416. The first-order valence-electron chi connectivity index (χ1n) is 8.53. The summed E-state index contributed by atoms with van der Waals surface area (Å²) in [5.41, 5.74) is 1.14. The molecular weight excluding hydrogens is 365 g/mol. The number of carbonyl (C=O) groups is 2. The predicted octanol–water partition coefficient (Wildman–Crippen LogP) is 3.61. The normalized spacial score (nSPS) is 11.6. The molecule has 1 unspecified atom stereocenters. The zero-order chi connectivity index (χ0) is 20.9. The second-order valence-corrected chi connectivity index (χ2v) is 6.07. The summed E-state index contributed by atoms with van der Waals surface area (Å²) in [7, 11) is 4.08. The van der Waals surface area contributed by atoms with Gasteiger partial charge in [-0.05, 0) is 43.9 Å². The van der Waals surface area contributed by atoms with Gasteiger partial charge in [-0.1, -0.05) is 30.3 Å². The molecule has 2 aromatic carbocycles. The lowest BCUT2D eigenvalue weighted by atomic mass is 10.1. The van der Waals surface area contributed by atoms with Gasteiger partial charge in [0.25, 0.3) is 0 Å². The summed E-state index contributed by atoms with van der Waals surface area (Å²) in [6.45, 7) is 0.931. The molecule has 6 nitrogen and oxygen atoms in total. The van der Waals surface area contributed by atoms with Crippen LogP contribution in [0.5, 0.6) is 5.75 Å². The molecule has 0 aromatic heterocycles. The SMILES string of the molecule is CN(C)CCC(Oc1ccc(F)cc1)c1ccccc1.O=C(O)C=CC(=O)O. The summed E-state index contributed by atoms with van der Waals surface area (Å²) >= 11 is 0. The maximum Gasteiger partial charge on any atom is 0.328 e. The van der Waals surface area contributed by atoms with Crippen molar-refractivity contribution < 1.29 is 28.9 Å². The van der Waals surface area contributed by atoms with E-state index in [0.29, 0.717) is 17.9 Å². The summed E-state index contributed by atoms with van der Waals surface area (Å²) in [6.07, 6.45) is 1.98. The Morgan fingerprint density at radius 1 is 1.00 bits per heavy atom. The van der Waals surface area contributed by atoms with E-state index >= 15 is 0 Å². The van der Waals surface area contributed by atoms with Gasteiger partial charge in [-0.2, -0.15) is 0 Å². The largest absolute Gasteiger partial charge is 0.486 e. The van der Waals surface area contributed by atoms with Gasteiger partial charge in [-0.25, -0.2) is 14.0 Å². The van der Waals surface area contributed by atoms with E-state index < -0.39 is 11.9 Å². The number of carboxylic acid groups (broad SMARTS) is 2. The lowest BCUT2D eigenvalue weighted by Crippen LogP contribution is -2.18. The highest BCUT2D eigenvalue weighted by atomic mass is 19.1. The van der Waals surface area contributed by atoms with Crippen molar-refractivity contribution >= 4 is 11.9 Å². The van der Waals surface area contributed by atoms with Crippen LogP contribution in [0.15, 0.2) is 66.7 Å². The van der Waals surface area contributed by atoms with Crippen molar-refractivity contribution in [2.75, 3.05) is 20.6 Å². The summed E-state index contributed by atoms with van der Waals surface area (Å²) in [5, 5.41) is 15.6. The van der Waals surface area contributed by atoms with Crippen molar-refractivity contribution in [3.63, 3.8) is 0 Å². The van der Waals surface area contributed by atoms with Gasteiger partial charge in [0, 0.05) is 25.1 Å². The molecule has 0 heterocycles. The molecule has 28 heavy (non-hydrogen) atoms. The summed E-state index contributed by atoms with van der Waals surface area (Å²) in [6, 6.07) is 16.3. The third kappa shape index (κ3) is 10.1. The van der Waals surface area contributed by atoms with E-state index in [9.17, 15) is 14.0 Å². The molecular formula is C21H24FNO5. The van der Waals surface area contributed by atoms with Gasteiger partial charge in [0.05, 0.1) is 0 Å². The molecule has 0 fully saturated rings. The van der Waals surface area contributed by atoms with Crippen LogP contribution < -0.4 is 4.74 Å². The fraction of sp³-hybridized carbons (Fsp3) is 0.238. The Morgan fingerprint density at radius 3 is 2.00 bits per heavy atom. The highest BCUT2D eigenvalue weighted by molar-refractivity contribution is 5.89. The Bertz CT molecular complexity index is 744. The highest BCUT2D eigenvalue weighted by Gasteiger charge is 2.13. The topological polar surface area (TPSA) is 87.1 Å². The average Bonchev–Trinajstić information content (AvgIpc) is 2.66. The van der Waals surface area contributed by atoms with Crippen molar-refractivity contribution in [1.29, 1.82) is 0 Å². The summed E-state index contributed by atoms with van der Waals surface area (Å²) in [5.74, 6) is -2.07. The standard InChI is InChI=1S/C17H20FNO.C4H4O4/c1-19(2)13-12-17(14-6-4-3-5-7-14)20-16-10-8-15(18)9-11-16;5-3(6)1-2-4(7)8/h3-11,17H,12-13H2,1-2H3;1-2H,(H,5,6)(H,7,8). The van der Waals surface area contributed by atoms with E-state index in [0.717, 1.165) is 18.5 Å². The fourth-order valence-corrected chi connectivity index (χ4v) is 2.16. The minimum absolute atomic E-state index is 0.0240. The Hall–Kier alpha value is -3.19. The van der Waals surface area contributed by atoms with Gasteiger partial charge in [0.15, 0.2) is 0 Å². The third-order valence-corrected chi connectivity index (χ3v) is 3.47. The lowest BCUT2D eigenvalue weighted by Gasteiger charge is -2.21. The molecule has 2 aromatic rings. The van der Waals surface area contributed by atoms with E-state index in [1.807, 2.05) is 32.3 Å². The predicted molar refractivity (Wildman–Crippen MR) is 104 cm³/mol. The third-order valence-electron chi connectivity index (χ3n) is 3.47. The van der Waals surface area contributed by atoms with E-state index in [-0.39, 0.29) is 11.9 Å². The van der Waals surface area contributed by atoms with Crippen LogP contribution in [-0.2, 0) is 9.59 Å². The minimum Gasteiger partial charge on any atom is -0.486 e. The van der Waals surface area contributed by atoms with Crippen LogP contribution in [-0.4, -0.2) is 47.7 Å². The van der Waals surface area contributed by atoms with Crippen LogP contribution in [0.3, 0.4) is 0 Å². The lowest BCUT2D eigenvalue weighted by molar-refractivity contribution is -0.134. The number of hydrogen-bond donors (Lipinski definition) is 2. The Labute approximate surface area is 163 Å². The van der Waals surface area contributed by atoms with Crippen molar-refractivity contribution in [1.82, 2.24) is 4.90 Å². The first-order chi connectivity index (χ1) is 13.3. The zero-order valence-electron chi connectivity index (χ0n) is 15.8. The number of carboxylic acids is 2. The molecule has 7 heteroatoms. The molecule has 0 aliphatic heterocycles. The number of hydrogen-bond acceptors (Lipinski definition) is 4. The van der Waals surface area contributed by atoms with Crippen molar-refractivity contribution in [2.45, 2.75) is 12.5 Å². The smallest absolute Gasteiger partial charge is 0.328 e. The molecule has 0 radical (unpaired) electrons. The number of nitrogens with zero attached hydrogens (tertiary/aromatic N) is 1. The van der Waals surface area contributed by atoms with Gasteiger partial charge >= 0.3 is 11.9 Å². The van der Waals surface area contributed by atoms with Crippen molar-refractivity contribution in [2.24, 2.45) is 0 Å². The van der Waals surface area contributed by atoms with Crippen molar-refractivity contribution in [3.8, 4) is 5.75 Å². The Morgan fingerprint density at radius 2 is 1.54 bits per heavy atom. The van der Waals surface area contributed by atoms with Crippen LogP contribution in [0.25, 0.3) is 0 Å². The first kappa shape index (κ1) is 22.9. The molecule has 0 amide bonds. The fourth-order valence-electron chi connectivity index (χ4n) is 2.16. The van der Waals surface area contributed by atoms with Crippen molar-refractivity contribution in [3.05, 3.63) is 78.1 Å². The zero-order valence-corrected chi connectivity index (χ0v) is 15.8. The average molecular weight is 389 g/mol. The van der Waals surface area contributed by atoms with E-state index in [4.69, 9.17) is 14.9 Å². The second kappa shape index (κ2) is 12.2. The molecule has 0 bridgehead atoms. The van der Waals surface area contributed by atoms with Gasteiger partial charge < -0.3 is 19.8 Å². The van der Waals surface area contributed by atoms with Crippen LogP contribution in [0, 0.1) is 5.82 Å². The van der Waals surface area contributed by atoms with Gasteiger partial charge in [0.2, 0.25) is 0 Å². The number of ether oxygens (including phenoxy) is 1. The maximum atomic E-state index is 12.9. The van der Waals surface area contributed by atoms with Crippen LogP contribution >= 0.6 is 0 Å². The second-order valence-electron chi connectivity index (χ2n) is 6.07. The quantitative estimate of drug-likeness (QED) is 0.671. The summed E-state index contributed by atoms with van der Waals surface area (Å²) < 4.78 is 19.0. The molecule has 150 valence electrons. The maximum absolute atomic E-state index is 12.9. The number of aliphatic carboxylic acids is 2. The Kier molecular flexibility index (Phi) is 9.99. The van der Waals surface area contributed by atoms with E-state index in [2.05, 4.69) is 17.0 Å². The number of benzene rings is 2. The minimum atomic E-state index is -1.26. The monoisotopic (exact) mass is 389 g/mol. The molecule has 2 N–H and O–H groups in total. The van der Waals surface area contributed by atoms with E-state index in [1.54, 1.807) is 12.1 Å². The molecule has 0 aliphatic carbocycles. The van der Waals surface area contributed by atoms with E-state index in [1.165, 1.54) is 12.1 Å². The molecule has 0 aliphatic rings. The van der Waals surface area contributed by atoms with Crippen LogP contribution in [0.2, 0.25) is 0 Å². The first-order valence-corrected chi connectivity index (χ1v) is 8.53. The molecule has 0 spiro atoms. The molecule has 0 saturated heterocycles. The van der Waals surface area contributed by atoms with Crippen LogP contribution in [0.4, 0.5) is 4.39 Å². The molecule has 2 rings (SSSR count).